The summed E-state index contributed by atoms with van der Waals surface area (Å²) in [7, 11) is 0. The molecule has 0 bridgehead atoms. The smallest absolute Gasteiger partial charge is 0.0794 e. The number of ether oxygens (including phenoxy) is 2. The Morgan fingerprint density at radius 1 is 1.32 bits per heavy atom. The van der Waals surface area contributed by atoms with Crippen LogP contribution in [0.2, 0.25) is 0 Å². The number of hydrogen-bond donors (Lipinski definition) is 0. The van der Waals surface area contributed by atoms with E-state index in [1.165, 1.54) is 5.56 Å². The lowest BCUT2D eigenvalue weighted by Gasteiger charge is -2.25. The predicted molar refractivity (Wildman–Crippen MR) is 77.9 cm³/mol. The van der Waals surface area contributed by atoms with Crippen molar-refractivity contribution in [2.45, 2.75) is 38.1 Å². The molecule has 0 aliphatic carbocycles. The summed E-state index contributed by atoms with van der Waals surface area (Å²) in [6.07, 6.45) is 9.55. The maximum absolute atomic E-state index is 5.94. The third-order valence-electron chi connectivity index (χ3n) is 3.21. The Morgan fingerprint density at radius 3 is 2.95 bits per heavy atom. The highest BCUT2D eigenvalue weighted by Crippen LogP contribution is 2.17. The fourth-order valence-electron chi connectivity index (χ4n) is 2.19. The van der Waals surface area contributed by atoms with Crippen LogP contribution in [0, 0.1) is 0 Å². The van der Waals surface area contributed by atoms with Gasteiger partial charge >= 0.3 is 0 Å². The van der Waals surface area contributed by atoms with Gasteiger partial charge in [0.25, 0.3) is 0 Å². The largest absolute Gasteiger partial charge is 0.377 e. The van der Waals surface area contributed by atoms with Crippen molar-refractivity contribution in [2.75, 3.05) is 6.61 Å². The van der Waals surface area contributed by atoms with Crippen LogP contribution in [-0.2, 0) is 16.1 Å². The van der Waals surface area contributed by atoms with Crippen LogP contribution in [0.4, 0.5) is 0 Å². The second-order valence-electron chi connectivity index (χ2n) is 4.81. The average Bonchev–Trinajstić information content (AvgIpc) is 2.46. The molecule has 0 aromatic heterocycles. The predicted octanol–water partition coefficient (Wildman–Crippen LogP) is 3.88. The van der Waals surface area contributed by atoms with Gasteiger partial charge in [0.2, 0.25) is 0 Å². The van der Waals surface area contributed by atoms with Crippen molar-refractivity contribution in [3.63, 3.8) is 0 Å². The Hall–Kier alpha value is -1.38. The normalized spacial score (nSPS) is 22.3. The van der Waals surface area contributed by atoms with Crippen molar-refractivity contribution in [3.8, 4) is 0 Å². The molecule has 19 heavy (non-hydrogen) atoms. The molecule has 1 aliphatic rings. The summed E-state index contributed by atoms with van der Waals surface area (Å²) in [6, 6.07) is 10.3. The SMILES string of the molecule is C=CC[C@@H]1C=CC[C@@H](CCOCc2ccccc2)O1. The molecule has 0 fully saturated rings. The van der Waals surface area contributed by atoms with Crippen LogP contribution < -0.4 is 0 Å². The molecule has 1 aromatic carbocycles. The fourth-order valence-corrected chi connectivity index (χ4v) is 2.19. The van der Waals surface area contributed by atoms with Gasteiger partial charge in [-0.2, -0.15) is 0 Å². The topological polar surface area (TPSA) is 18.5 Å². The first-order valence-corrected chi connectivity index (χ1v) is 6.93. The fraction of sp³-hybridized carbons (Fsp3) is 0.412. The Balaban J connectivity index is 1.63. The van der Waals surface area contributed by atoms with Crippen LogP contribution in [0.5, 0.6) is 0 Å². The minimum atomic E-state index is 0.199. The number of rotatable bonds is 7. The molecule has 102 valence electrons. The molecule has 2 atom stereocenters. The van der Waals surface area contributed by atoms with E-state index in [1.807, 2.05) is 24.3 Å². The van der Waals surface area contributed by atoms with E-state index < -0.39 is 0 Å². The number of benzene rings is 1. The van der Waals surface area contributed by atoms with Crippen LogP contribution in [0.3, 0.4) is 0 Å². The molecule has 1 aliphatic heterocycles. The lowest BCUT2D eigenvalue weighted by atomic mass is 10.1. The van der Waals surface area contributed by atoms with Gasteiger partial charge in [0.15, 0.2) is 0 Å². The molecule has 1 aromatic rings. The first-order valence-electron chi connectivity index (χ1n) is 6.93. The van der Waals surface area contributed by atoms with Gasteiger partial charge in [-0.15, -0.1) is 6.58 Å². The third-order valence-corrected chi connectivity index (χ3v) is 3.21. The molecule has 2 rings (SSSR count). The Kier molecular flexibility index (Phi) is 5.86. The molecule has 2 nitrogen and oxygen atoms in total. The molecular formula is C17H22O2. The zero-order valence-corrected chi connectivity index (χ0v) is 11.3. The molecule has 0 saturated heterocycles. The van der Waals surface area contributed by atoms with Crippen LogP contribution in [-0.4, -0.2) is 18.8 Å². The van der Waals surface area contributed by atoms with Crippen LogP contribution in [0.25, 0.3) is 0 Å². The van der Waals surface area contributed by atoms with Crippen molar-refractivity contribution < 1.29 is 9.47 Å². The standard InChI is InChI=1S/C17H22O2/c1-2-7-16-10-6-11-17(19-16)12-13-18-14-15-8-4-3-5-9-15/h2-6,8-10,16-17H,1,7,11-14H2/t16-,17+/m1/s1. The van der Waals surface area contributed by atoms with Crippen LogP contribution in [0.1, 0.15) is 24.8 Å². The second kappa shape index (κ2) is 7.93. The van der Waals surface area contributed by atoms with Crippen LogP contribution >= 0.6 is 0 Å². The average molecular weight is 258 g/mol. The van der Waals surface area contributed by atoms with E-state index in [1.54, 1.807) is 0 Å². The van der Waals surface area contributed by atoms with Crippen molar-refractivity contribution >= 4 is 0 Å². The number of hydrogen-bond acceptors (Lipinski definition) is 2. The third kappa shape index (κ3) is 5.01. The van der Waals surface area contributed by atoms with Crippen molar-refractivity contribution in [1.82, 2.24) is 0 Å². The minimum absolute atomic E-state index is 0.199. The molecular weight excluding hydrogens is 236 g/mol. The van der Waals surface area contributed by atoms with E-state index in [-0.39, 0.29) is 12.2 Å². The summed E-state index contributed by atoms with van der Waals surface area (Å²) in [5, 5.41) is 0. The summed E-state index contributed by atoms with van der Waals surface area (Å²) >= 11 is 0. The Bertz CT molecular complexity index is 397. The first kappa shape index (κ1) is 14.0. The molecule has 1 heterocycles. The van der Waals surface area contributed by atoms with Gasteiger partial charge in [-0.25, -0.2) is 0 Å². The van der Waals surface area contributed by atoms with Crippen LogP contribution in [0.15, 0.2) is 55.1 Å². The molecule has 0 radical (unpaired) electrons. The van der Waals surface area contributed by atoms with Crippen molar-refractivity contribution in [1.29, 1.82) is 0 Å². The zero-order chi connectivity index (χ0) is 13.3. The van der Waals surface area contributed by atoms with Crippen molar-refractivity contribution in [3.05, 3.63) is 60.7 Å². The maximum Gasteiger partial charge on any atom is 0.0794 e. The van der Waals surface area contributed by atoms with Gasteiger partial charge in [0.1, 0.15) is 0 Å². The highest BCUT2D eigenvalue weighted by molar-refractivity contribution is 5.13. The van der Waals surface area contributed by atoms with Gasteiger partial charge in [-0.3, -0.25) is 0 Å². The second-order valence-corrected chi connectivity index (χ2v) is 4.81. The monoisotopic (exact) mass is 258 g/mol. The Labute approximate surface area is 115 Å². The zero-order valence-electron chi connectivity index (χ0n) is 11.3. The van der Waals surface area contributed by atoms with Gasteiger partial charge < -0.3 is 9.47 Å². The highest BCUT2D eigenvalue weighted by atomic mass is 16.5. The van der Waals surface area contributed by atoms with E-state index in [4.69, 9.17) is 9.47 Å². The molecule has 0 amide bonds. The van der Waals surface area contributed by atoms with E-state index in [9.17, 15) is 0 Å². The highest BCUT2D eigenvalue weighted by Gasteiger charge is 2.16. The molecule has 0 saturated carbocycles. The summed E-state index contributed by atoms with van der Waals surface area (Å²) in [6.45, 7) is 5.17. The summed E-state index contributed by atoms with van der Waals surface area (Å²) in [5.41, 5.74) is 1.22. The van der Waals surface area contributed by atoms with E-state index in [0.717, 1.165) is 25.9 Å². The lowest BCUT2D eigenvalue weighted by Crippen LogP contribution is -2.24. The van der Waals surface area contributed by atoms with Gasteiger partial charge in [0, 0.05) is 6.61 Å². The molecule has 2 heteroatoms. The molecule has 0 unspecified atom stereocenters. The summed E-state index contributed by atoms with van der Waals surface area (Å²) in [5.74, 6) is 0. The minimum Gasteiger partial charge on any atom is -0.377 e. The summed E-state index contributed by atoms with van der Waals surface area (Å²) < 4.78 is 11.6. The maximum atomic E-state index is 5.94. The van der Waals surface area contributed by atoms with Gasteiger partial charge in [-0.05, 0) is 24.8 Å². The Morgan fingerprint density at radius 2 is 2.16 bits per heavy atom. The van der Waals surface area contributed by atoms with Crippen molar-refractivity contribution in [2.24, 2.45) is 0 Å². The van der Waals surface area contributed by atoms with E-state index in [0.29, 0.717) is 6.61 Å². The quantitative estimate of drug-likeness (QED) is 0.546. The van der Waals surface area contributed by atoms with Gasteiger partial charge in [-0.1, -0.05) is 48.6 Å². The molecule has 0 spiro atoms. The van der Waals surface area contributed by atoms with Gasteiger partial charge in [0.05, 0.1) is 18.8 Å². The van der Waals surface area contributed by atoms with E-state index >= 15 is 0 Å². The van der Waals surface area contributed by atoms with E-state index in [2.05, 4.69) is 30.9 Å². The lowest BCUT2D eigenvalue weighted by molar-refractivity contribution is -0.0151. The molecule has 0 N–H and O–H groups in total. The first-order chi connectivity index (χ1) is 9.38. The summed E-state index contributed by atoms with van der Waals surface area (Å²) in [4.78, 5) is 0.